The number of hydrogen-bond donors (Lipinski definition) is 3. The van der Waals surface area contributed by atoms with Gasteiger partial charge in [-0.05, 0) is 87.5 Å². The molecule has 0 bridgehead atoms. The van der Waals surface area contributed by atoms with E-state index in [0.29, 0.717) is 25.2 Å². The number of nitrogens with zero attached hydrogens (tertiary/aromatic N) is 3. The topological polar surface area (TPSA) is 149 Å². The number of hydroxylamine groups is 2. The maximum Gasteiger partial charge on any atom is 0.343 e. The monoisotopic (exact) mass is 586 g/mol. The number of carboxylic acid groups (broad SMARTS) is 1. The first kappa shape index (κ1) is 29.4. The minimum Gasteiger partial charge on any atom is -0.480 e. The molecule has 12 heteroatoms. The lowest BCUT2D eigenvalue weighted by Crippen LogP contribution is -2.55. The largest absolute Gasteiger partial charge is 0.480 e. The van der Waals surface area contributed by atoms with Crippen molar-refractivity contribution in [2.75, 3.05) is 25.0 Å². The number of fused-ring (bicyclic) bond motifs is 1. The first-order chi connectivity index (χ1) is 19.8. The molecule has 2 aromatic rings. The molecule has 2 fully saturated rings. The van der Waals surface area contributed by atoms with Gasteiger partial charge in [0.25, 0.3) is 0 Å². The molecule has 1 saturated carbocycles. The number of anilines is 1. The Bertz CT molecular complexity index is 1330. The highest BCUT2D eigenvalue weighted by Crippen LogP contribution is 2.37. The molecule has 3 heterocycles. The number of benzene rings is 1. The van der Waals surface area contributed by atoms with Crippen molar-refractivity contribution >= 4 is 27.8 Å². The number of carboxylic acids is 1. The standard InChI is InChI=1S/C29H38N4O7S/c34-17-14-25(28(35)36)33(23-18-20(19-23)10-12-22-13-11-21-6-4-15-30-27(21)31-22)40-29(37)26-9-5-16-32(26)41(38,39)24-7-2-1-3-8-24/h1-3,7-8,11,13,20,23,25-26,34H,4-6,9-10,12,14-19H2,(H,30,31)(H,35,36)/t20?,23?,25-,26-/m0/s1. The predicted molar refractivity (Wildman–Crippen MR) is 150 cm³/mol. The number of carbonyl (C=O) groups is 2. The van der Waals surface area contributed by atoms with Gasteiger partial charge < -0.3 is 20.4 Å². The second kappa shape index (κ2) is 12.8. The zero-order valence-corrected chi connectivity index (χ0v) is 23.8. The number of sulfonamides is 1. The van der Waals surface area contributed by atoms with Crippen LogP contribution in [0.5, 0.6) is 0 Å². The van der Waals surface area contributed by atoms with Crippen molar-refractivity contribution in [3.63, 3.8) is 0 Å². The molecule has 3 N–H and O–H groups in total. The Labute approximate surface area is 240 Å². The summed E-state index contributed by atoms with van der Waals surface area (Å²) in [6.45, 7) is 0.711. The number of aryl methyl sites for hydroxylation is 2. The molecule has 2 aliphatic heterocycles. The molecule has 5 rings (SSSR count). The van der Waals surface area contributed by atoms with Gasteiger partial charge in [-0.1, -0.05) is 24.3 Å². The molecule has 0 radical (unpaired) electrons. The Hall–Kier alpha value is -3.06. The van der Waals surface area contributed by atoms with Gasteiger partial charge in [0.1, 0.15) is 17.9 Å². The number of hydrogen-bond acceptors (Lipinski definition) is 9. The number of aliphatic carboxylic acids is 1. The number of aromatic nitrogens is 1. The molecule has 1 aromatic carbocycles. The first-order valence-electron chi connectivity index (χ1n) is 14.4. The summed E-state index contributed by atoms with van der Waals surface area (Å²) in [4.78, 5) is 36.1. The predicted octanol–water partition coefficient (Wildman–Crippen LogP) is 2.60. The van der Waals surface area contributed by atoms with Gasteiger partial charge in [-0.25, -0.2) is 18.2 Å². The van der Waals surface area contributed by atoms with Crippen LogP contribution in [0.3, 0.4) is 0 Å². The van der Waals surface area contributed by atoms with Crippen molar-refractivity contribution in [3.05, 3.63) is 53.7 Å². The third-order valence-electron chi connectivity index (χ3n) is 8.35. The third-order valence-corrected chi connectivity index (χ3v) is 10.3. The summed E-state index contributed by atoms with van der Waals surface area (Å²) in [6, 6.07) is 9.49. The fourth-order valence-corrected chi connectivity index (χ4v) is 7.70. The molecule has 1 aliphatic carbocycles. The van der Waals surface area contributed by atoms with Crippen molar-refractivity contribution < 1.29 is 33.1 Å². The van der Waals surface area contributed by atoms with Crippen LogP contribution in [0.25, 0.3) is 0 Å². The van der Waals surface area contributed by atoms with E-state index < -0.39 is 40.7 Å². The minimum absolute atomic E-state index is 0.0891. The number of aliphatic hydroxyl groups excluding tert-OH is 1. The van der Waals surface area contributed by atoms with Crippen molar-refractivity contribution in [2.45, 2.75) is 80.8 Å². The summed E-state index contributed by atoms with van der Waals surface area (Å²) in [5, 5.41) is 24.0. The third kappa shape index (κ3) is 6.56. The molecular formula is C29H38N4O7S. The van der Waals surface area contributed by atoms with Gasteiger partial charge >= 0.3 is 11.9 Å². The Balaban J connectivity index is 1.24. The molecule has 1 saturated heterocycles. The van der Waals surface area contributed by atoms with E-state index in [0.717, 1.165) is 48.0 Å². The van der Waals surface area contributed by atoms with Crippen LogP contribution < -0.4 is 5.32 Å². The fraction of sp³-hybridized carbons (Fsp3) is 0.552. The lowest BCUT2D eigenvalue weighted by atomic mass is 9.76. The summed E-state index contributed by atoms with van der Waals surface area (Å²) in [6.07, 6.45) is 5.71. The average Bonchev–Trinajstić information content (AvgIpc) is 3.46. The second-order valence-electron chi connectivity index (χ2n) is 11.1. The lowest BCUT2D eigenvalue weighted by molar-refractivity contribution is -0.236. The van der Waals surface area contributed by atoms with Crippen LogP contribution in [0.15, 0.2) is 47.4 Å². The molecule has 3 aliphatic rings. The highest BCUT2D eigenvalue weighted by Gasteiger charge is 2.45. The maximum atomic E-state index is 13.4. The Morgan fingerprint density at radius 3 is 2.66 bits per heavy atom. The van der Waals surface area contributed by atoms with Crippen molar-refractivity contribution in [2.24, 2.45) is 5.92 Å². The number of rotatable bonds is 12. The quantitative estimate of drug-likeness (QED) is 0.317. The van der Waals surface area contributed by atoms with Crippen LogP contribution in [0, 0.1) is 5.92 Å². The summed E-state index contributed by atoms with van der Waals surface area (Å²) < 4.78 is 27.7. The van der Waals surface area contributed by atoms with Crippen molar-refractivity contribution in [3.8, 4) is 0 Å². The van der Waals surface area contributed by atoms with Gasteiger partial charge in [-0.15, -0.1) is 5.06 Å². The van der Waals surface area contributed by atoms with Crippen LogP contribution >= 0.6 is 0 Å². The molecule has 0 spiro atoms. The van der Waals surface area contributed by atoms with Gasteiger partial charge in [-0.3, -0.25) is 4.79 Å². The van der Waals surface area contributed by atoms with Crippen LogP contribution in [0.4, 0.5) is 5.82 Å². The van der Waals surface area contributed by atoms with Crippen molar-refractivity contribution in [1.82, 2.24) is 14.4 Å². The maximum absolute atomic E-state index is 13.4. The Kier molecular flexibility index (Phi) is 9.22. The van der Waals surface area contributed by atoms with Gasteiger partial charge in [0.2, 0.25) is 10.0 Å². The Morgan fingerprint density at radius 2 is 1.93 bits per heavy atom. The van der Waals surface area contributed by atoms with E-state index in [9.17, 15) is 28.2 Å². The van der Waals surface area contributed by atoms with E-state index >= 15 is 0 Å². The molecular weight excluding hydrogens is 548 g/mol. The second-order valence-corrected chi connectivity index (χ2v) is 13.0. The summed E-state index contributed by atoms with van der Waals surface area (Å²) in [5.41, 5.74) is 2.25. The number of nitrogens with one attached hydrogen (secondary N) is 1. The smallest absolute Gasteiger partial charge is 0.343 e. The number of carbonyl (C=O) groups excluding carboxylic acids is 1. The van der Waals surface area contributed by atoms with E-state index in [1.54, 1.807) is 18.2 Å². The average molecular weight is 587 g/mol. The van der Waals surface area contributed by atoms with Gasteiger partial charge in [-0.2, -0.15) is 4.31 Å². The molecule has 0 unspecified atom stereocenters. The number of aliphatic hydroxyl groups is 1. The molecule has 2 atom stereocenters. The van der Waals surface area contributed by atoms with Gasteiger partial charge in [0.05, 0.1) is 4.90 Å². The minimum atomic E-state index is -3.93. The normalized spacial score (nSPS) is 23.3. The highest BCUT2D eigenvalue weighted by atomic mass is 32.2. The zero-order valence-electron chi connectivity index (χ0n) is 23.0. The summed E-state index contributed by atoms with van der Waals surface area (Å²) in [7, 11) is -3.93. The van der Waals surface area contributed by atoms with E-state index in [2.05, 4.69) is 17.4 Å². The van der Waals surface area contributed by atoms with Crippen LogP contribution in [-0.2, 0) is 37.3 Å². The van der Waals surface area contributed by atoms with E-state index in [1.807, 2.05) is 0 Å². The van der Waals surface area contributed by atoms with E-state index in [1.165, 1.54) is 22.8 Å². The van der Waals surface area contributed by atoms with Crippen LogP contribution in [-0.4, -0.2) is 82.7 Å². The molecule has 11 nitrogen and oxygen atoms in total. The molecule has 41 heavy (non-hydrogen) atoms. The highest BCUT2D eigenvalue weighted by molar-refractivity contribution is 7.89. The lowest BCUT2D eigenvalue weighted by Gasteiger charge is -2.44. The SMILES string of the molecule is O=C(O)[C@H](CCO)N(OC(=O)[C@@H]1CCCN1S(=O)(=O)c1ccccc1)C1CC(CCc2ccc3c(n2)NCCC3)C1. The molecule has 0 amide bonds. The van der Waals surface area contributed by atoms with Crippen LogP contribution in [0.1, 0.15) is 56.2 Å². The van der Waals surface area contributed by atoms with Crippen molar-refractivity contribution in [1.29, 1.82) is 0 Å². The van der Waals surface area contributed by atoms with Gasteiger partial charge in [0, 0.05) is 31.4 Å². The molecule has 1 aromatic heterocycles. The number of pyridine rings is 1. The Morgan fingerprint density at radius 1 is 1.15 bits per heavy atom. The fourth-order valence-electron chi connectivity index (χ4n) is 6.03. The van der Waals surface area contributed by atoms with E-state index in [4.69, 9.17) is 9.82 Å². The van der Waals surface area contributed by atoms with Crippen LogP contribution in [0.2, 0.25) is 0 Å². The summed E-state index contributed by atoms with van der Waals surface area (Å²) in [5.74, 6) is -0.736. The van der Waals surface area contributed by atoms with Gasteiger partial charge in [0.15, 0.2) is 0 Å². The first-order valence-corrected chi connectivity index (χ1v) is 15.9. The zero-order chi connectivity index (χ0) is 29.0. The summed E-state index contributed by atoms with van der Waals surface area (Å²) >= 11 is 0. The van der Waals surface area contributed by atoms with E-state index in [-0.39, 0.29) is 30.3 Å². The molecule has 222 valence electrons.